The lowest BCUT2D eigenvalue weighted by molar-refractivity contribution is 0.0950. The van der Waals surface area contributed by atoms with E-state index in [0.29, 0.717) is 18.1 Å². The van der Waals surface area contributed by atoms with E-state index in [0.717, 1.165) is 28.1 Å². The molecular weight excluding hydrogens is 272 g/mol. The summed E-state index contributed by atoms with van der Waals surface area (Å²) >= 11 is 0. The summed E-state index contributed by atoms with van der Waals surface area (Å²) in [6.45, 7) is 4.03. The highest BCUT2D eigenvalue weighted by atomic mass is 16.1. The van der Waals surface area contributed by atoms with Gasteiger partial charge in [0, 0.05) is 23.2 Å². The smallest absolute Gasteiger partial charge is 0.163 e. The third-order valence-corrected chi connectivity index (χ3v) is 4.82. The van der Waals surface area contributed by atoms with Gasteiger partial charge in [-0.1, -0.05) is 56.4 Å². The van der Waals surface area contributed by atoms with Crippen LogP contribution in [0, 0.1) is 19.8 Å². The van der Waals surface area contributed by atoms with E-state index in [9.17, 15) is 4.79 Å². The maximum atomic E-state index is 12.4. The van der Waals surface area contributed by atoms with Crippen molar-refractivity contribution in [3.05, 3.63) is 41.2 Å². The van der Waals surface area contributed by atoms with Gasteiger partial charge < -0.3 is 0 Å². The molecule has 116 valence electrons. The van der Waals surface area contributed by atoms with Crippen LogP contribution in [0.4, 0.5) is 0 Å². The van der Waals surface area contributed by atoms with E-state index in [-0.39, 0.29) is 0 Å². The van der Waals surface area contributed by atoms with Crippen molar-refractivity contribution in [2.24, 2.45) is 5.92 Å². The number of aromatic amines is 1. The maximum Gasteiger partial charge on any atom is 0.163 e. The van der Waals surface area contributed by atoms with Crippen molar-refractivity contribution in [3.8, 4) is 11.1 Å². The number of carbonyl (C=O) groups is 1. The van der Waals surface area contributed by atoms with Crippen molar-refractivity contribution in [1.82, 2.24) is 10.2 Å². The van der Waals surface area contributed by atoms with Gasteiger partial charge in [-0.05, 0) is 25.3 Å². The molecule has 0 aliphatic heterocycles. The molecule has 1 fully saturated rings. The Labute approximate surface area is 132 Å². The van der Waals surface area contributed by atoms with Gasteiger partial charge in [0.25, 0.3) is 0 Å². The first-order valence-corrected chi connectivity index (χ1v) is 8.30. The fourth-order valence-electron chi connectivity index (χ4n) is 3.57. The maximum absolute atomic E-state index is 12.4. The molecule has 0 saturated heterocycles. The van der Waals surface area contributed by atoms with Crippen LogP contribution in [-0.4, -0.2) is 16.0 Å². The van der Waals surface area contributed by atoms with E-state index in [1.165, 1.54) is 32.1 Å². The van der Waals surface area contributed by atoms with Crippen molar-refractivity contribution in [2.45, 2.75) is 52.4 Å². The predicted octanol–water partition coefficient (Wildman–Crippen LogP) is 4.85. The minimum atomic E-state index is 0.291. The molecule has 1 saturated carbocycles. The number of aryl methyl sites for hydroxylation is 2. The van der Waals surface area contributed by atoms with Crippen LogP contribution >= 0.6 is 0 Å². The van der Waals surface area contributed by atoms with Gasteiger partial charge in [0.15, 0.2) is 5.78 Å². The van der Waals surface area contributed by atoms with E-state index in [1.54, 1.807) is 0 Å². The Morgan fingerprint density at radius 3 is 2.41 bits per heavy atom. The molecule has 0 unspecified atom stereocenters. The number of carbonyl (C=O) groups excluding carboxylic acids is 1. The second-order valence-electron chi connectivity index (χ2n) is 6.52. The van der Waals surface area contributed by atoms with E-state index < -0.39 is 0 Å². The zero-order valence-electron chi connectivity index (χ0n) is 13.5. The molecule has 2 aromatic rings. The van der Waals surface area contributed by atoms with Gasteiger partial charge in [0.05, 0.1) is 5.69 Å². The zero-order valence-corrected chi connectivity index (χ0v) is 13.5. The molecule has 0 radical (unpaired) electrons. The fraction of sp³-hybridized carbons (Fsp3) is 0.474. The largest absolute Gasteiger partial charge is 0.294 e. The summed E-state index contributed by atoms with van der Waals surface area (Å²) < 4.78 is 0. The number of hydrogen-bond donors (Lipinski definition) is 1. The Balaban J connectivity index is 1.72. The Morgan fingerprint density at radius 2 is 1.82 bits per heavy atom. The van der Waals surface area contributed by atoms with E-state index in [2.05, 4.69) is 10.2 Å². The summed E-state index contributed by atoms with van der Waals surface area (Å²) in [5, 5.41) is 7.25. The van der Waals surface area contributed by atoms with Crippen LogP contribution in [0.2, 0.25) is 0 Å². The second kappa shape index (κ2) is 6.47. The van der Waals surface area contributed by atoms with Gasteiger partial charge >= 0.3 is 0 Å². The van der Waals surface area contributed by atoms with Crippen molar-refractivity contribution in [2.75, 3.05) is 0 Å². The number of H-pyrrole nitrogens is 1. The van der Waals surface area contributed by atoms with Gasteiger partial charge in [-0.2, -0.15) is 5.10 Å². The van der Waals surface area contributed by atoms with Crippen LogP contribution in [0.25, 0.3) is 11.1 Å². The molecule has 22 heavy (non-hydrogen) atoms. The summed E-state index contributed by atoms with van der Waals surface area (Å²) in [5.74, 6) is 0.887. The summed E-state index contributed by atoms with van der Waals surface area (Å²) in [6.07, 6.45) is 7.06. The summed E-state index contributed by atoms with van der Waals surface area (Å²) in [4.78, 5) is 12.4. The van der Waals surface area contributed by atoms with Crippen LogP contribution in [-0.2, 0) is 0 Å². The number of ketones is 1. The normalized spacial score (nSPS) is 15.9. The molecule has 0 atom stereocenters. The quantitative estimate of drug-likeness (QED) is 0.820. The van der Waals surface area contributed by atoms with Gasteiger partial charge in [0.2, 0.25) is 0 Å². The number of Topliss-reactive ketones (excluding diaryl/α,β-unsaturated/α-hetero) is 1. The van der Waals surface area contributed by atoms with E-state index in [4.69, 9.17) is 0 Å². The lowest BCUT2D eigenvalue weighted by Gasteiger charge is -2.20. The molecule has 3 rings (SSSR count). The second-order valence-corrected chi connectivity index (χ2v) is 6.52. The standard InChI is InChI=1S/C19H24N2O/c1-13-19(14(2)21-20-13)17-10-8-16(9-11-17)18(22)12-15-6-4-3-5-7-15/h8-11,15H,3-7,12H2,1-2H3,(H,20,21). The van der Waals surface area contributed by atoms with Gasteiger partial charge in [-0.25, -0.2) is 0 Å². The SMILES string of the molecule is Cc1n[nH]c(C)c1-c1ccc(C(=O)CC2CCCCC2)cc1. The van der Waals surface area contributed by atoms with Crippen LogP contribution in [0.15, 0.2) is 24.3 Å². The van der Waals surface area contributed by atoms with Crippen LogP contribution in [0.1, 0.15) is 60.3 Å². The zero-order chi connectivity index (χ0) is 15.5. The third kappa shape index (κ3) is 3.13. The molecule has 1 aromatic carbocycles. The molecule has 0 bridgehead atoms. The molecule has 1 aliphatic rings. The third-order valence-electron chi connectivity index (χ3n) is 4.82. The number of hydrogen-bond acceptors (Lipinski definition) is 2. The molecule has 0 spiro atoms. The Bertz CT molecular complexity index is 629. The number of aromatic nitrogens is 2. The van der Waals surface area contributed by atoms with Crippen molar-refractivity contribution < 1.29 is 4.79 Å². The lowest BCUT2D eigenvalue weighted by Crippen LogP contribution is -2.12. The van der Waals surface area contributed by atoms with E-state index >= 15 is 0 Å². The van der Waals surface area contributed by atoms with Crippen molar-refractivity contribution >= 4 is 5.78 Å². The number of nitrogens with zero attached hydrogens (tertiary/aromatic N) is 1. The minimum Gasteiger partial charge on any atom is -0.294 e. The molecule has 1 aliphatic carbocycles. The van der Waals surface area contributed by atoms with Crippen LogP contribution < -0.4 is 0 Å². The first kappa shape index (κ1) is 15.0. The molecule has 1 N–H and O–H groups in total. The molecular formula is C19H24N2O. The van der Waals surface area contributed by atoms with E-state index in [1.807, 2.05) is 38.1 Å². The predicted molar refractivity (Wildman–Crippen MR) is 89.0 cm³/mol. The van der Waals surface area contributed by atoms with Crippen LogP contribution in [0.5, 0.6) is 0 Å². The number of rotatable bonds is 4. The average Bonchev–Trinajstić information content (AvgIpc) is 2.87. The van der Waals surface area contributed by atoms with Crippen molar-refractivity contribution in [3.63, 3.8) is 0 Å². The fourth-order valence-corrected chi connectivity index (χ4v) is 3.57. The molecule has 3 heteroatoms. The summed E-state index contributed by atoms with van der Waals surface area (Å²) in [6, 6.07) is 8.01. The molecule has 1 aromatic heterocycles. The monoisotopic (exact) mass is 296 g/mol. The molecule has 1 heterocycles. The summed E-state index contributed by atoms with van der Waals surface area (Å²) in [7, 11) is 0. The topological polar surface area (TPSA) is 45.8 Å². The van der Waals surface area contributed by atoms with Crippen molar-refractivity contribution in [1.29, 1.82) is 0 Å². The highest BCUT2D eigenvalue weighted by Crippen LogP contribution is 2.29. The highest BCUT2D eigenvalue weighted by Gasteiger charge is 2.18. The Morgan fingerprint density at radius 1 is 1.14 bits per heavy atom. The van der Waals surface area contributed by atoms with Crippen LogP contribution in [0.3, 0.4) is 0 Å². The van der Waals surface area contributed by atoms with Gasteiger partial charge in [0.1, 0.15) is 0 Å². The Kier molecular flexibility index (Phi) is 4.41. The average molecular weight is 296 g/mol. The summed E-state index contributed by atoms with van der Waals surface area (Å²) in [5.41, 5.74) is 5.18. The first-order chi connectivity index (χ1) is 10.6. The number of nitrogens with one attached hydrogen (secondary N) is 1. The van der Waals surface area contributed by atoms with Gasteiger partial charge in [-0.3, -0.25) is 9.89 Å². The van der Waals surface area contributed by atoms with Gasteiger partial charge in [-0.15, -0.1) is 0 Å². The molecule has 0 amide bonds. The minimum absolute atomic E-state index is 0.291. The first-order valence-electron chi connectivity index (χ1n) is 8.30. The number of benzene rings is 1. The lowest BCUT2D eigenvalue weighted by atomic mass is 9.84. The Hall–Kier alpha value is -1.90. The molecule has 3 nitrogen and oxygen atoms in total. The highest BCUT2D eigenvalue weighted by molar-refractivity contribution is 5.96.